The van der Waals surface area contributed by atoms with E-state index in [1.807, 2.05) is 0 Å². The van der Waals surface area contributed by atoms with Gasteiger partial charge < -0.3 is 10.4 Å². The second kappa shape index (κ2) is 4.50. The van der Waals surface area contributed by atoms with Crippen molar-refractivity contribution in [3.8, 4) is 0 Å². The number of nitrogens with one attached hydrogen (secondary N) is 1. The van der Waals surface area contributed by atoms with Gasteiger partial charge in [-0.05, 0) is 13.8 Å². The van der Waals surface area contributed by atoms with E-state index in [0.29, 0.717) is 5.69 Å². The van der Waals surface area contributed by atoms with E-state index in [2.05, 4.69) is 15.3 Å². The van der Waals surface area contributed by atoms with Crippen molar-refractivity contribution in [1.82, 2.24) is 15.3 Å². The van der Waals surface area contributed by atoms with Crippen molar-refractivity contribution in [1.29, 1.82) is 0 Å². The number of aromatic nitrogens is 2. The van der Waals surface area contributed by atoms with Crippen LogP contribution >= 0.6 is 0 Å². The molecule has 1 aromatic heterocycles. The number of carboxylic acids is 1. The minimum absolute atomic E-state index is 0.283. The number of hydrogen-bond acceptors (Lipinski definition) is 4. The van der Waals surface area contributed by atoms with Crippen molar-refractivity contribution in [3.05, 3.63) is 23.8 Å². The van der Waals surface area contributed by atoms with Crippen molar-refractivity contribution in [2.75, 3.05) is 0 Å². The molecule has 0 unspecified atom stereocenters. The summed E-state index contributed by atoms with van der Waals surface area (Å²) in [7, 11) is 0. The number of amides is 1. The van der Waals surface area contributed by atoms with Gasteiger partial charge in [-0.25, -0.2) is 9.97 Å². The van der Waals surface area contributed by atoms with E-state index in [0.717, 1.165) is 0 Å². The molecule has 1 heterocycles. The molecule has 0 radical (unpaired) electrons. The van der Waals surface area contributed by atoms with E-state index in [1.165, 1.54) is 19.4 Å². The lowest BCUT2D eigenvalue weighted by atomic mass is 10.2. The van der Waals surface area contributed by atoms with Gasteiger partial charge in [-0.3, -0.25) is 9.59 Å². The molecule has 1 aromatic rings. The van der Waals surface area contributed by atoms with Crippen LogP contribution in [-0.4, -0.2) is 33.0 Å². The molecule has 80 valence electrons. The minimum atomic E-state index is -1.09. The van der Waals surface area contributed by atoms with Crippen LogP contribution in [0.1, 0.15) is 23.0 Å². The molecule has 1 atom stereocenters. The highest BCUT2D eigenvalue weighted by Crippen LogP contribution is 2.01. The van der Waals surface area contributed by atoms with Crippen LogP contribution in [-0.2, 0) is 4.79 Å². The quantitative estimate of drug-likeness (QED) is 0.730. The Kier molecular flexibility index (Phi) is 3.33. The first-order valence-corrected chi connectivity index (χ1v) is 4.32. The van der Waals surface area contributed by atoms with Crippen molar-refractivity contribution in [2.45, 2.75) is 19.9 Å². The van der Waals surface area contributed by atoms with Gasteiger partial charge in [0.15, 0.2) is 0 Å². The number of aliphatic carboxylic acids is 1. The zero-order chi connectivity index (χ0) is 11.4. The van der Waals surface area contributed by atoms with E-state index in [4.69, 9.17) is 5.11 Å². The minimum Gasteiger partial charge on any atom is -0.480 e. The van der Waals surface area contributed by atoms with Crippen LogP contribution in [0.4, 0.5) is 0 Å². The van der Waals surface area contributed by atoms with Crippen LogP contribution in [0.3, 0.4) is 0 Å². The summed E-state index contributed by atoms with van der Waals surface area (Å²) < 4.78 is 0. The van der Waals surface area contributed by atoms with E-state index in [-0.39, 0.29) is 5.56 Å². The molecule has 2 N–H and O–H groups in total. The first-order chi connectivity index (χ1) is 7.02. The predicted molar refractivity (Wildman–Crippen MR) is 51.3 cm³/mol. The molecule has 6 heteroatoms. The molecule has 0 saturated carbocycles. The summed E-state index contributed by atoms with van der Waals surface area (Å²) in [6.45, 7) is 3.04. The van der Waals surface area contributed by atoms with Crippen molar-refractivity contribution < 1.29 is 14.7 Å². The molecule has 0 saturated heterocycles. The SMILES string of the molecule is Cc1ncncc1C(=O)N[C@@H](C)C(=O)O. The topological polar surface area (TPSA) is 92.2 Å². The summed E-state index contributed by atoms with van der Waals surface area (Å²) in [4.78, 5) is 29.6. The molecule has 6 nitrogen and oxygen atoms in total. The molecule has 0 fully saturated rings. The fourth-order valence-corrected chi connectivity index (χ4v) is 0.950. The van der Waals surface area contributed by atoms with Gasteiger partial charge >= 0.3 is 5.97 Å². The average Bonchev–Trinajstić information content (AvgIpc) is 2.18. The number of carboxylic acid groups (broad SMARTS) is 1. The molecule has 0 aromatic carbocycles. The van der Waals surface area contributed by atoms with Gasteiger partial charge in [0.05, 0.1) is 11.3 Å². The Morgan fingerprint density at radius 3 is 2.73 bits per heavy atom. The Morgan fingerprint density at radius 2 is 2.20 bits per heavy atom. The van der Waals surface area contributed by atoms with Crippen molar-refractivity contribution >= 4 is 11.9 Å². The summed E-state index contributed by atoms with van der Waals surface area (Å²) in [6, 6.07) is -0.933. The van der Waals surface area contributed by atoms with E-state index in [1.54, 1.807) is 6.92 Å². The van der Waals surface area contributed by atoms with Crippen molar-refractivity contribution in [3.63, 3.8) is 0 Å². The normalized spacial score (nSPS) is 11.9. The third kappa shape index (κ3) is 2.73. The van der Waals surface area contributed by atoms with Gasteiger partial charge in [0, 0.05) is 6.20 Å². The van der Waals surface area contributed by atoms with Crippen LogP contribution in [0.15, 0.2) is 12.5 Å². The maximum absolute atomic E-state index is 11.5. The molecule has 0 aliphatic heterocycles. The first-order valence-electron chi connectivity index (χ1n) is 4.32. The average molecular weight is 209 g/mol. The standard InChI is InChI=1S/C9H11N3O3/c1-5-7(3-10-4-11-5)8(13)12-6(2)9(14)15/h3-4,6H,1-2H3,(H,12,13)(H,14,15)/t6-/m0/s1. The van der Waals surface area contributed by atoms with Crippen molar-refractivity contribution in [2.24, 2.45) is 0 Å². The van der Waals surface area contributed by atoms with Crippen LogP contribution in [0.5, 0.6) is 0 Å². The second-order valence-corrected chi connectivity index (χ2v) is 3.06. The summed E-state index contributed by atoms with van der Waals surface area (Å²) in [5.74, 6) is -1.57. The molecule has 15 heavy (non-hydrogen) atoms. The summed E-state index contributed by atoms with van der Waals surface area (Å²) in [6.07, 6.45) is 2.68. The predicted octanol–water partition coefficient (Wildman–Crippen LogP) is -0.0121. The van der Waals surface area contributed by atoms with E-state index >= 15 is 0 Å². The van der Waals surface area contributed by atoms with Gasteiger partial charge in [0.1, 0.15) is 12.4 Å². The van der Waals surface area contributed by atoms with E-state index in [9.17, 15) is 9.59 Å². The molecule has 1 amide bonds. The summed E-state index contributed by atoms with van der Waals surface area (Å²) >= 11 is 0. The number of rotatable bonds is 3. The first kappa shape index (κ1) is 11.1. The highest BCUT2D eigenvalue weighted by atomic mass is 16.4. The second-order valence-electron chi connectivity index (χ2n) is 3.06. The Hall–Kier alpha value is -1.98. The maximum Gasteiger partial charge on any atom is 0.325 e. The Labute approximate surface area is 86.4 Å². The molecule has 0 spiro atoms. The lowest BCUT2D eigenvalue weighted by Crippen LogP contribution is -2.38. The third-order valence-corrected chi connectivity index (χ3v) is 1.87. The molecule has 1 rings (SSSR count). The monoisotopic (exact) mass is 209 g/mol. The summed E-state index contributed by atoms with van der Waals surface area (Å²) in [5.41, 5.74) is 0.797. The molecule has 0 bridgehead atoms. The number of carbonyl (C=O) groups is 2. The van der Waals surface area contributed by atoms with Gasteiger partial charge in [-0.2, -0.15) is 0 Å². The van der Waals surface area contributed by atoms with Crippen LogP contribution < -0.4 is 5.32 Å². The fourth-order valence-electron chi connectivity index (χ4n) is 0.950. The largest absolute Gasteiger partial charge is 0.480 e. The number of nitrogens with zero attached hydrogens (tertiary/aromatic N) is 2. The number of carbonyl (C=O) groups excluding carboxylic acids is 1. The number of hydrogen-bond donors (Lipinski definition) is 2. The van der Waals surface area contributed by atoms with Crippen LogP contribution in [0, 0.1) is 6.92 Å². The Morgan fingerprint density at radius 1 is 1.53 bits per heavy atom. The maximum atomic E-state index is 11.5. The molecule has 0 aliphatic rings. The van der Waals surface area contributed by atoms with Crippen LogP contribution in [0.2, 0.25) is 0 Å². The lowest BCUT2D eigenvalue weighted by molar-refractivity contribution is -0.138. The van der Waals surface area contributed by atoms with Gasteiger partial charge in [0.25, 0.3) is 5.91 Å². The molecular weight excluding hydrogens is 198 g/mol. The lowest BCUT2D eigenvalue weighted by Gasteiger charge is -2.09. The van der Waals surface area contributed by atoms with Gasteiger partial charge in [0.2, 0.25) is 0 Å². The zero-order valence-corrected chi connectivity index (χ0v) is 8.39. The third-order valence-electron chi connectivity index (χ3n) is 1.87. The summed E-state index contributed by atoms with van der Waals surface area (Å²) in [5, 5.41) is 10.9. The highest BCUT2D eigenvalue weighted by Gasteiger charge is 2.16. The molecular formula is C9H11N3O3. The Balaban J connectivity index is 2.78. The van der Waals surface area contributed by atoms with Crippen LogP contribution in [0.25, 0.3) is 0 Å². The fraction of sp³-hybridized carbons (Fsp3) is 0.333. The number of aryl methyl sites for hydroxylation is 1. The van der Waals surface area contributed by atoms with E-state index < -0.39 is 17.9 Å². The Bertz CT molecular complexity index is 392. The van der Waals surface area contributed by atoms with Gasteiger partial charge in [-0.15, -0.1) is 0 Å². The smallest absolute Gasteiger partial charge is 0.325 e. The van der Waals surface area contributed by atoms with Gasteiger partial charge in [-0.1, -0.05) is 0 Å². The molecule has 0 aliphatic carbocycles. The zero-order valence-electron chi connectivity index (χ0n) is 8.39. The highest BCUT2D eigenvalue weighted by molar-refractivity contribution is 5.97.